The van der Waals surface area contributed by atoms with Gasteiger partial charge in [-0.25, -0.2) is 9.59 Å². The number of imide groups is 1. The predicted molar refractivity (Wildman–Crippen MR) is 109 cm³/mol. The molecule has 0 atom stereocenters. The smallest absolute Gasteiger partial charge is 0.341 e. The van der Waals surface area contributed by atoms with Crippen molar-refractivity contribution < 1.29 is 23.9 Å². The molecule has 28 heavy (non-hydrogen) atoms. The lowest BCUT2D eigenvalue weighted by molar-refractivity contribution is -0.123. The maximum absolute atomic E-state index is 12.5. The second-order valence-electron chi connectivity index (χ2n) is 7.43. The highest BCUT2D eigenvalue weighted by molar-refractivity contribution is 7.16. The van der Waals surface area contributed by atoms with Gasteiger partial charge in [0.2, 0.25) is 5.91 Å². The fourth-order valence-electron chi connectivity index (χ4n) is 2.04. The molecular weight excluding hydrogens is 382 g/mol. The zero-order valence-electron chi connectivity index (χ0n) is 17.3. The maximum atomic E-state index is 12.5. The molecule has 3 N–H and O–H groups in total. The molecule has 0 radical (unpaired) electrons. The number of rotatable bonds is 7. The molecule has 1 rings (SSSR count). The first-order valence-corrected chi connectivity index (χ1v) is 9.95. The van der Waals surface area contributed by atoms with E-state index in [0.29, 0.717) is 17.1 Å². The number of amides is 4. The first-order valence-electron chi connectivity index (χ1n) is 9.13. The minimum absolute atomic E-state index is 0.222. The van der Waals surface area contributed by atoms with Crippen molar-refractivity contribution in [3.63, 3.8) is 0 Å². The van der Waals surface area contributed by atoms with Gasteiger partial charge < -0.3 is 15.4 Å². The highest BCUT2D eigenvalue weighted by atomic mass is 32.1. The number of urea groups is 1. The third kappa shape index (κ3) is 6.95. The van der Waals surface area contributed by atoms with E-state index in [1.165, 1.54) is 11.3 Å². The number of carbonyl (C=O) groups excluding carboxylic acids is 4. The van der Waals surface area contributed by atoms with Crippen molar-refractivity contribution in [3.8, 4) is 0 Å². The van der Waals surface area contributed by atoms with Crippen molar-refractivity contribution >= 4 is 40.2 Å². The second-order valence-corrected chi connectivity index (χ2v) is 8.65. The van der Waals surface area contributed by atoms with Crippen molar-refractivity contribution in [2.45, 2.75) is 54.4 Å². The molecule has 1 aromatic heterocycles. The summed E-state index contributed by atoms with van der Waals surface area (Å²) < 4.78 is 5.04. The summed E-state index contributed by atoms with van der Waals surface area (Å²) in [6.45, 7) is 10.7. The van der Waals surface area contributed by atoms with E-state index in [9.17, 15) is 19.2 Å². The first kappa shape index (κ1) is 23.6. The van der Waals surface area contributed by atoms with Crippen molar-refractivity contribution in [1.82, 2.24) is 10.6 Å². The minimum Gasteiger partial charge on any atom is -0.452 e. The van der Waals surface area contributed by atoms with Gasteiger partial charge in [-0.2, -0.15) is 0 Å². The van der Waals surface area contributed by atoms with Crippen LogP contribution in [0.1, 0.15) is 61.3 Å². The monoisotopic (exact) mass is 411 g/mol. The van der Waals surface area contributed by atoms with Crippen LogP contribution < -0.4 is 16.0 Å². The number of esters is 1. The fraction of sp³-hybridized carbons (Fsp3) is 0.579. The van der Waals surface area contributed by atoms with Gasteiger partial charge in [-0.05, 0) is 25.8 Å². The molecule has 9 heteroatoms. The topological polar surface area (TPSA) is 114 Å². The van der Waals surface area contributed by atoms with Crippen molar-refractivity contribution in [3.05, 3.63) is 16.0 Å². The van der Waals surface area contributed by atoms with E-state index in [-0.39, 0.29) is 11.5 Å². The average Bonchev–Trinajstić information content (AvgIpc) is 2.86. The van der Waals surface area contributed by atoms with Gasteiger partial charge in [-0.15, -0.1) is 11.3 Å². The molecule has 0 aliphatic heterocycles. The Morgan fingerprint density at radius 1 is 1.11 bits per heavy atom. The number of anilines is 1. The van der Waals surface area contributed by atoms with E-state index in [4.69, 9.17) is 4.74 Å². The Morgan fingerprint density at radius 3 is 2.32 bits per heavy atom. The van der Waals surface area contributed by atoms with Gasteiger partial charge in [-0.3, -0.25) is 14.9 Å². The highest BCUT2D eigenvalue weighted by Crippen LogP contribution is 2.34. The van der Waals surface area contributed by atoms with E-state index < -0.39 is 29.9 Å². The molecule has 0 aliphatic carbocycles. The Balaban J connectivity index is 2.73. The number of ether oxygens (including phenoxy) is 1. The summed E-state index contributed by atoms with van der Waals surface area (Å²) in [5.74, 6) is -1.69. The molecule has 0 fully saturated rings. The molecule has 8 nitrogen and oxygen atoms in total. The minimum atomic E-state index is -0.729. The third-order valence-electron chi connectivity index (χ3n) is 3.90. The molecule has 4 amide bonds. The Morgan fingerprint density at radius 2 is 1.75 bits per heavy atom. The van der Waals surface area contributed by atoms with Crippen LogP contribution in [0, 0.1) is 19.3 Å². The predicted octanol–water partition coefficient (Wildman–Crippen LogP) is 3.13. The van der Waals surface area contributed by atoms with E-state index in [2.05, 4.69) is 16.0 Å². The molecule has 0 bridgehead atoms. The van der Waals surface area contributed by atoms with Crippen molar-refractivity contribution in [1.29, 1.82) is 0 Å². The number of hydrogen-bond acceptors (Lipinski definition) is 6. The van der Waals surface area contributed by atoms with Gasteiger partial charge in [0.05, 0.1) is 5.56 Å². The molecule has 1 aromatic rings. The molecule has 0 spiro atoms. The summed E-state index contributed by atoms with van der Waals surface area (Å²) in [5, 5.41) is 7.78. The lowest BCUT2D eigenvalue weighted by Crippen LogP contribution is -2.41. The number of nitrogens with one attached hydrogen (secondary N) is 3. The zero-order chi connectivity index (χ0) is 21.5. The van der Waals surface area contributed by atoms with Crippen LogP contribution in [-0.4, -0.2) is 37.0 Å². The molecule has 0 unspecified atom stereocenters. The van der Waals surface area contributed by atoms with Crippen LogP contribution in [0.5, 0.6) is 0 Å². The van der Waals surface area contributed by atoms with Gasteiger partial charge in [0, 0.05) is 16.8 Å². The molecule has 1 heterocycles. The molecule has 0 saturated heterocycles. The molecule has 0 aromatic carbocycles. The van der Waals surface area contributed by atoms with Gasteiger partial charge in [0.15, 0.2) is 6.61 Å². The Hall–Kier alpha value is -2.42. The number of hydrogen-bond donors (Lipinski definition) is 3. The lowest BCUT2D eigenvalue weighted by atomic mass is 9.96. The van der Waals surface area contributed by atoms with Gasteiger partial charge >= 0.3 is 12.0 Å². The zero-order valence-corrected chi connectivity index (χ0v) is 18.1. The standard InChI is InChI=1S/C19H29N3O5S/c1-7-8-9-20-18(26)21-13(23)10-27-16(24)14-11(2)12(3)28-15(14)22-17(25)19(4,5)6/h7-10H2,1-6H3,(H,22,25)(H2,20,21,23,26). The van der Waals surface area contributed by atoms with Crippen LogP contribution in [0.15, 0.2) is 0 Å². The van der Waals surface area contributed by atoms with E-state index in [0.717, 1.165) is 17.7 Å². The summed E-state index contributed by atoms with van der Waals surface area (Å²) >= 11 is 1.27. The van der Waals surface area contributed by atoms with E-state index in [1.54, 1.807) is 27.7 Å². The molecule has 0 aliphatic rings. The second kappa shape index (κ2) is 10.2. The SMILES string of the molecule is CCCCNC(=O)NC(=O)COC(=O)c1c(NC(=O)C(C)(C)C)sc(C)c1C. The lowest BCUT2D eigenvalue weighted by Gasteiger charge is -2.17. The number of aryl methyl sites for hydroxylation is 1. The maximum Gasteiger partial charge on any atom is 0.341 e. The van der Waals surface area contributed by atoms with Crippen LogP contribution in [0.4, 0.5) is 9.80 Å². The van der Waals surface area contributed by atoms with E-state index >= 15 is 0 Å². The van der Waals surface area contributed by atoms with Crippen LogP contribution in [0.3, 0.4) is 0 Å². The van der Waals surface area contributed by atoms with E-state index in [1.807, 2.05) is 13.8 Å². The summed E-state index contributed by atoms with van der Waals surface area (Å²) in [5.41, 5.74) is 0.273. The summed E-state index contributed by atoms with van der Waals surface area (Å²) in [4.78, 5) is 48.9. The Kier molecular flexibility index (Phi) is 8.62. The normalized spacial score (nSPS) is 10.9. The number of carbonyl (C=O) groups is 4. The van der Waals surface area contributed by atoms with Crippen LogP contribution in [0.2, 0.25) is 0 Å². The van der Waals surface area contributed by atoms with Crippen LogP contribution in [0.25, 0.3) is 0 Å². The fourth-order valence-corrected chi connectivity index (χ4v) is 3.08. The third-order valence-corrected chi connectivity index (χ3v) is 5.02. The summed E-state index contributed by atoms with van der Waals surface area (Å²) in [6.07, 6.45) is 1.72. The summed E-state index contributed by atoms with van der Waals surface area (Å²) in [7, 11) is 0. The Labute approximate surface area is 169 Å². The number of thiophene rings is 1. The van der Waals surface area contributed by atoms with Crippen LogP contribution >= 0.6 is 11.3 Å². The number of unbranched alkanes of at least 4 members (excludes halogenated alkanes) is 1. The van der Waals surface area contributed by atoms with Gasteiger partial charge in [0.1, 0.15) is 5.00 Å². The van der Waals surface area contributed by atoms with Gasteiger partial charge in [0.25, 0.3) is 5.91 Å². The average molecular weight is 412 g/mol. The van der Waals surface area contributed by atoms with Crippen molar-refractivity contribution in [2.75, 3.05) is 18.5 Å². The van der Waals surface area contributed by atoms with Gasteiger partial charge in [-0.1, -0.05) is 34.1 Å². The van der Waals surface area contributed by atoms with Crippen molar-refractivity contribution in [2.24, 2.45) is 5.41 Å². The quantitative estimate of drug-likeness (QED) is 0.471. The first-order chi connectivity index (χ1) is 13.0. The Bertz CT molecular complexity index is 749. The highest BCUT2D eigenvalue weighted by Gasteiger charge is 2.27. The molecule has 156 valence electrons. The molecule has 0 saturated carbocycles. The largest absolute Gasteiger partial charge is 0.452 e. The van der Waals surface area contributed by atoms with Crippen LogP contribution in [-0.2, 0) is 14.3 Å². The molecular formula is C19H29N3O5S. The summed E-state index contributed by atoms with van der Waals surface area (Å²) in [6, 6.07) is -0.629.